The summed E-state index contributed by atoms with van der Waals surface area (Å²) in [6, 6.07) is 27.5. The quantitative estimate of drug-likeness (QED) is 0.518. The van der Waals surface area contributed by atoms with Gasteiger partial charge in [-0.05, 0) is 35.7 Å². The fourth-order valence-corrected chi connectivity index (χ4v) is 2.83. The fraction of sp³-hybridized carbons (Fsp3) is 0.0500. The van der Waals surface area contributed by atoms with Crippen LogP contribution in [-0.4, -0.2) is 4.98 Å². The summed E-state index contributed by atoms with van der Waals surface area (Å²) < 4.78 is 0. The molecule has 0 aliphatic heterocycles. The van der Waals surface area contributed by atoms with Crippen LogP contribution in [0.25, 0.3) is 21.8 Å². The lowest BCUT2D eigenvalue weighted by Crippen LogP contribution is -1.91. The maximum absolute atomic E-state index is 4.78. The monoisotopic (exact) mass is 286 g/mol. The Morgan fingerprint density at radius 3 is 2.27 bits per heavy atom. The lowest BCUT2D eigenvalue weighted by Gasteiger charge is -2.08. The molecule has 0 bridgehead atoms. The number of para-hydroxylation sites is 1. The van der Waals surface area contributed by atoms with Gasteiger partial charge in [0.1, 0.15) is 0 Å². The summed E-state index contributed by atoms with van der Waals surface area (Å²) in [6.07, 6.45) is 0.943. The number of hydrogen-bond acceptors (Lipinski definition) is 2. The van der Waals surface area contributed by atoms with Crippen molar-refractivity contribution in [2.45, 2.75) is 6.42 Å². The molecule has 0 radical (unpaired) electrons. The van der Waals surface area contributed by atoms with Crippen LogP contribution in [0.1, 0.15) is 11.1 Å². The van der Waals surface area contributed by atoms with Gasteiger partial charge in [-0.2, -0.15) is 0 Å². The van der Waals surface area contributed by atoms with Gasteiger partial charge in [0.2, 0.25) is 0 Å². The zero-order valence-electron chi connectivity index (χ0n) is 12.4. The summed E-state index contributed by atoms with van der Waals surface area (Å²) in [4.78, 5) is 4.78. The molecule has 4 aromatic rings. The number of rotatable bonds is 2. The predicted octanol–water partition coefficient (Wildman–Crippen LogP) is 5.14. The van der Waals surface area contributed by atoms with Gasteiger partial charge in [0.15, 0.2) is 0 Å². The lowest BCUT2D eigenvalue weighted by molar-refractivity contribution is 1.21. The number of pyridine rings is 1. The normalized spacial score (nSPS) is 10.5. The van der Waals surface area contributed by atoms with Crippen LogP contribution < -0.4 is 6.15 Å². The minimum atomic E-state index is 0. The number of nitrogens with zero attached hydrogens (tertiary/aromatic N) is 1. The van der Waals surface area contributed by atoms with Crippen molar-refractivity contribution < 1.29 is 0 Å². The maximum atomic E-state index is 4.78. The van der Waals surface area contributed by atoms with Crippen LogP contribution >= 0.6 is 0 Å². The second kappa shape index (κ2) is 5.96. The molecule has 0 aliphatic rings. The highest BCUT2D eigenvalue weighted by Gasteiger charge is 2.05. The van der Waals surface area contributed by atoms with E-state index in [0.29, 0.717) is 0 Å². The first kappa shape index (κ1) is 14.2. The molecule has 4 rings (SSSR count). The summed E-state index contributed by atoms with van der Waals surface area (Å²) in [5.74, 6) is 0. The number of fused-ring (bicyclic) bond motifs is 2. The van der Waals surface area contributed by atoms with Crippen molar-refractivity contribution in [1.29, 1.82) is 0 Å². The lowest BCUT2D eigenvalue weighted by atomic mass is 9.99. The van der Waals surface area contributed by atoms with E-state index in [1.807, 2.05) is 6.07 Å². The van der Waals surface area contributed by atoms with Gasteiger partial charge in [0.25, 0.3) is 0 Å². The fourth-order valence-electron chi connectivity index (χ4n) is 2.83. The number of hydrogen-bond donors (Lipinski definition) is 1. The zero-order valence-corrected chi connectivity index (χ0v) is 12.4. The van der Waals surface area contributed by atoms with Gasteiger partial charge in [0.05, 0.1) is 11.0 Å². The van der Waals surface area contributed by atoms with E-state index >= 15 is 0 Å². The van der Waals surface area contributed by atoms with Crippen LogP contribution in [0, 0.1) is 0 Å². The number of aromatic nitrogens is 1. The minimum absolute atomic E-state index is 0. The minimum Gasteiger partial charge on any atom is -0.344 e. The van der Waals surface area contributed by atoms with Gasteiger partial charge in [-0.3, -0.25) is 0 Å². The average Bonchev–Trinajstić information content (AvgIpc) is 2.54. The van der Waals surface area contributed by atoms with E-state index in [4.69, 9.17) is 4.98 Å². The average molecular weight is 286 g/mol. The smallest absolute Gasteiger partial charge is 0.0712 e. The Balaban J connectivity index is 0.00000144. The van der Waals surface area contributed by atoms with Crippen LogP contribution in [0.5, 0.6) is 0 Å². The Morgan fingerprint density at radius 2 is 1.41 bits per heavy atom. The van der Waals surface area contributed by atoms with Gasteiger partial charge in [-0.1, -0.05) is 60.7 Å². The third-order valence-electron chi connectivity index (χ3n) is 3.89. The van der Waals surface area contributed by atoms with E-state index < -0.39 is 0 Å². The molecule has 0 amide bonds. The molecule has 0 aliphatic carbocycles. The van der Waals surface area contributed by atoms with Gasteiger partial charge >= 0.3 is 0 Å². The first-order valence-electron chi connectivity index (χ1n) is 7.21. The Hall–Kier alpha value is -2.71. The highest BCUT2D eigenvalue weighted by atomic mass is 14.7. The molecule has 0 spiro atoms. The predicted molar refractivity (Wildman–Crippen MR) is 93.5 cm³/mol. The Labute approximate surface area is 130 Å². The summed E-state index contributed by atoms with van der Waals surface area (Å²) in [7, 11) is 0. The molecule has 0 atom stereocenters. The van der Waals surface area contributed by atoms with Crippen molar-refractivity contribution >= 4 is 21.8 Å². The first-order chi connectivity index (χ1) is 10.4. The third kappa shape index (κ3) is 2.57. The van der Waals surface area contributed by atoms with Crippen LogP contribution in [0.3, 0.4) is 0 Å². The standard InChI is InChI=1S/C20H15N.H3N/c1-2-7-15(8-3-1)13-16-10-6-12-20-18(16)14-17-9-4-5-11-19(17)21-20;/h1-12,14H,13H2;1H3. The summed E-state index contributed by atoms with van der Waals surface area (Å²) >= 11 is 0. The van der Waals surface area contributed by atoms with Crippen molar-refractivity contribution in [2.75, 3.05) is 0 Å². The van der Waals surface area contributed by atoms with Crippen LogP contribution in [-0.2, 0) is 6.42 Å². The van der Waals surface area contributed by atoms with E-state index in [1.165, 1.54) is 21.9 Å². The Kier molecular flexibility index (Phi) is 3.86. The van der Waals surface area contributed by atoms with E-state index in [0.717, 1.165) is 17.5 Å². The summed E-state index contributed by atoms with van der Waals surface area (Å²) in [5.41, 5.74) is 4.79. The SMILES string of the molecule is N.c1ccc(Cc2cccc3nc4ccccc4cc23)cc1. The van der Waals surface area contributed by atoms with E-state index in [2.05, 4.69) is 72.8 Å². The summed E-state index contributed by atoms with van der Waals surface area (Å²) in [6.45, 7) is 0. The first-order valence-corrected chi connectivity index (χ1v) is 7.21. The molecule has 2 heteroatoms. The molecule has 1 heterocycles. The largest absolute Gasteiger partial charge is 0.344 e. The van der Waals surface area contributed by atoms with E-state index in [1.54, 1.807) is 0 Å². The Bertz CT molecular complexity index is 914. The molecule has 108 valence electrons. The van der Waals surface area contributed by atoms with Crippen LogP contribution in [0.15, 0.2) is 78.9 Å². The molecule has 3 aromatic carbocycles. The second-order valence-corrected chi connectivity index (χ2v) is 5.33. The molecular weight excluding hydrogens is 268 g/mol. The Morgan fingerprint density at radius 1 is 0.682 bits per heavy atom. The van der Waals surface area contributed by atoms with Crippen molar-refractivity contribution in [3.05, 3.63) is 90.0 Å². The van der Waals surface area contributed by atoms with Crippen molar-refractivity contribution in [3.8, 4) is 0 Å². The topological polar surface area (TPSA) is 47.9 Å². The summed E-state index contributed by atoms with van der Waals surface area (Å²) in [5, 5.41) is 2.45. The third-order valence-corrected chi connectivity index (χ3v) is 3.89. The molecule has 0 saturated heterocycles. The van der Waals surface area contributed by atoms with Gasteiger partial charge in [-0.15, -0.1) is 0 Å². The molecule has 3 N–H and O–H groups in total. The van der Waals surface area contributed by atoms with Crippen molar-refractivity contribution in [1.82, 2.24) is 11.1 Å². The van der Waals surface area contributed by atoms with Gasteiger partial charge in [-0.25, -0.2) is 4.98 Å². The molecule has 0 fully saturated rings. The molecule has 2 nitrogen and oxygen atoms in total. The van der Waals surface area contributed by atoms with Crippen molar-refractivity contribution in [3.63, 3.8) is 0 Å². The maximum Gasteiger partial charge on any atom is 0.0712 e. The van der Waals surface area contributed by atoms with E-state index in [-0.39, 0.29) is 6.15 Å². The molecule has 22 heavy (non-hydrogen) atoms. The molecule has 0 unspecified atom stereocenters. The molecular formula is C20H18N2. The van der Waals surface area contributed by atoms with Gasteiger partial charge in [0, 0.05) is 10.8 Å². The van der Waals surface area contributed by atoms with Crippen LogP contribution in [0.4, 0.5) is 0 Å². The number of benzene rings is 3. The molecule has 0 saturated carbocycles. The van der Waals surface area contributed by atoms with Gasteiger partial charge < -0.3 is 6.15 Å². The highest BCUT2D eigenvalue weighted by molar-refractivity contribution is 5.94. The van der Waals surface area contributed by atoms with Crippen LogP contribution in [0.2, 0.25) is 0 Å². The molecule has 1 aromatic heterocycles. The van der Waals surface area contributed by atoms with E-state index in [9.17, 15) is 0 Å². The second-order valence-electron chi connectivity index (χ2n) is 5.33. The zero-order chi connectivity index (χ0) is 14.1. The van der Waals surface area contributed by atoms with Crippen molar-refractivity contribution in [2.24, 2.45) is 0 Å². The highest BCUT2D eigenvalue weighted by Crippen LogP contribution is 2.24.